The number of benzene rings is 1. The zero-order valence-corrected chi connectivity index (χ0v) is 20.6. The van der Waals surface area contributed by atoms with Gasteiger partial charge in [-0.1, -0.05) is 18.2 Å². The lowest BCUT2D eigenvalue weighted by atomic mass is 9.98. The predicted octanol–water partition coefficient (Wildman–Crippen LogP) is 2.06. The monoisotopic (exact) mass is 535 g/mol. The van der Waals surface area contributed by atoms with Crippen molar-refractivity contribution in [3.63, 3.8) is 0 Å². The van der Waals surface area contributed by atoms with Crippen LogP contribution in [0.4, 0.5) is 5.69 Å². The summed E-state index contributed by atoms with van der Waals surface area (Å²) in [6.45, 7) is 8.82. The van der Waals surface area contributed by atoms with Crippen LogP contribution in [0.1, 0.15) is 19.8 Å². The molecule has 0 amide bonds. The highest BCUT2D eigenvalue weighted by atomic mass is 127. The lowest BCUT2D eigenvalue weighted by Gasteiger charge is -2.38. The van der Waals surface area contributed by atoms with E-state index in [4.69, 9.17) is 4.99 Å². The molecule has 2 saturated heterocycles. The molecule has 2 heterocycles. The van der Waals surface area contributed by atoms with Gasteiger partial charge in [0.15, 0.2) is 5.96 Å². The predicted molar refractivity (Wildman–Crippen MR) is 131 cm³/mol. The molecule has 0 saturated carbocycles. The van der Waals surface area contributed by atoms with Gasteiger partial charge in [0.2, 0.25) is 10.0 Å². The highest BCUT2D eigenvalue weighted by Crippen LogP contribution is 2.20. The topological polar surface area (TPSA) is 68.2 Å². The third kappa shape index (κ3) is 6.99. The Hall–Kier alpha value is -1.07. The van der Waals surface area contributed by atoms with Crippen LogP contribution in [0.25, 0.3) is 0 Å². The number of hydrogen-bond acceptors (Lipinski definition) is 4. The van der Waals surface area contributed by atoms with Crippen LogP contribution in [0.5, 0.6) is 0 Å². The number of halogens is 1. The summed E-state index contributed by atoms with van der Waals surface area (Å²) in [7, 11) is -3.06. The maximum absolute atomic E-state index is 11.7. The zero-order chi connectivity index (χ0) is 20.0. The van der Waals surface area contributed by atoms with Crippen molar-refractivity contribution in [3.05, 3.63) is 30.3 Å². The molecule has 3 rings (SSSR count). The molecular formula is C20H34IN5O2S. The molecule has 7 nitrogen and oxygen atoms in total. The molecule has 0 aromatic heterocycles. The largest absolute Gasteiger partial charge is 0.368 e. The Bertz CT molecular complexity index is 743. The molecule has 2 aliphatic heterocycles. The van der Waals surface area contributed by atoms with Gasteiger partial charge in [-0.05, 0) is 37.8 Å². The summed E-state index contributed by atoms with van der Waals surface area (Å²) < 4.78 is 24.9. The van der Waals surface area contributed by atoms with E-state index in [1.165, 1.54) is 11.9 Å². The minimum atomic E-state index is -3.06. The van der Waals surface area contributed by atoms with Crippen LogP contribution in [0.15, 0.2) is 35.3 Å². The van der Waals surface area contributed by atoms with Gasteiger partial charge in [0.25, 0.3) is 0 Å². The number of anilines is 1. The summed E-state index contributed by atoms with van der Waals surface area (Å²) in [6, 6.07) is 10.6. The van der Waals surface area contributed by atoms with E-state index in [0.717, 1.165) is 58.1 Å². The Morgan fingerprint density at radius 1 is 1.07 bits per heavy atom. The number of para-hydroxylation sites is 1. The van der Waals surface area contributed by atoms with Gasteiger partial charge in [-0.25, -0.2) is 12.7 Å². The van der Waals surface area contributed by atoms with E-state index in [0.29, 0.717) is 19.0 Å². The number of aliphatic imine (C=N–C) groups is 1. The second kappa shape index (κ2) is 11.4. The van der Waals surface area contributed by atoms with Crippen molar-refractivity contribution >= 4 is 45.6 Å². The smallest absolute Gasteiger partial charge is 0.211 e. The third-order valence-corrected chi connectivity index (χ3v) is 6.88. The fraction of sp³-hybridized carbons (Fsp3) is 0.650. The highest BCUT2D eigenvalue weighted by molar-refractivity contribution is 14.0. The van der Waals surface area contributed by atoms with E-state index in [9.17, 15) is 8.42 Å². The van der Waals surface area contributed by atoms with E-state index >= 15 is 0 Å². The normalized spacial score (nSPS) is 19.7. The summed E-state index contributed by atoms with van der Waals surface area (Å²) in [6.07, 6.45) is 3.07. The second-order valence-electron chi connectivity index (χ2n) is 7.61. The average molecular weight is 535 g/mol. The molecule has 164 valence electrons. The summed E-state index contributed by atoms with van der Waals surface area (Å²) >= 11 is 0. The number of nitrogens with one attached hydrogen (secondary N) is 1. The van der Waals surface area contributed by atoms with Gasteiger partial charge in [0, 0.05) is 58.0 Å². The first-order chi connectivity index (χ1) is 13.5. The number of hydrogen-bond donors (Lipinski definition) is 1. The van der Waals surface area contributed by atoms with Crippen molar-refractivity contribution in [2.45, 2.75) is 19.8 Å². The first kappa shape index (κ1) is 24.2. The Balaban J connectivity index is 0.00000300. The second-order valence-corrected chi connectivity index (χ2v) is 9.59. The molecule has 0 bridgehead atoms. The molecule has 29 heavy (non-hydrogen) atoms. The van der Waals surface area contributed by atoms with Crippen molar-refractivity contribution in [2.75, 3.05) is 63.5 Å². The van der Waals surface area contributed by atoms with E-state index in [-0.39, 0.29) is 24.0 Å². The quantitative estimate of drug-likeness (QED) is 0.355. The minimum Gasteiger partial charge on any atom is -0.368 e. The van der Waals surface area contributed by atoms with Crippen molar-refractivity contribution in [1.29, 1.82) is 0 Å². The van der Waals surface area contributed by atoms with E-state index in [2.05, 4.69) is 52.4 Å². The van der Waals surface area contributed by atoms with E-state index < -0.39 is 10.0 Å². The first-order valence-corrected chi connectivity index (χ1v) is 12.1. The van der Waals surface area contributed by atoms with Gasteiger partial charge in [0.05, 0.1) is 6.26 Å². The first-order valence-electron chi connectivity index (χ1n) is 10.3. The Morgan fingerprint density at radius 3 is 2.24 bits per heavy atom. The van der Waals surface area contributed by atoms with Crippen LogP contribution < -0.4 is 10.2 Å². The van der Waals surface area contributed by atoms with Gasteiger partial charge in [-0.2, -0.15) is 0 Å². The lowest BCUT2D eigenvalue weighted by Crippen LogP contribution is -2.52. The molecule has 1 N–H and O–H groups in total. The SMILES string of the molecule is CCNC(=NCC1CCN(S(C)(=O)=O)CC1)N1CCN(c2ccccc2)CC1.I. The number of piperidine rings is 1. The fourth-order valence-corrected chi connectivity index (χ4v) is 4.75. The van der Waals surface area contributed by atoms with Crippen LogP contribution in [-0.2, 0) is 10.0 Å². The fourth-order valence-electron chi connectivity index (χ4n) is 3.88. The van der Waals surface area contributed by atoms with Crippen LogP contribution in [0.3, 0.4) is 0 Å². The van der Waals surface area contributed by atoms with Crippen molar-refractivity contribution in [1.82, 2.24) is 14.5 Å². The van der Waals surface area contributed by atoms with E-state index in [1.807, 2.05) is 0 Å². The van der Waals surface area contributed by atoms with Crippen LogP contribution in [-0.4, -0.2) is 82.2 Å². The summed E-state index contributed by atoms with van der Waals surface area (Å²) in [5.41, 5.74) is 1.28. The summed E-state index contributed by atoms with van der Waals surface area (Å²) in [5, 5.41) is 3.43. The lowest BCUT2D eigenvalue weighted by molar-refractivity contribution is 0.279. The van der Waals surface area contributed by atoms with Crippen LogP contribution in [0, 0.1) is 5.92 Å². The zero-order valence-electron chi connectivity index (χ0n) is 17.5. The van der Waals surface area contributed by atoms with Gasteiger partial charge < -0.3 is 15.1 Å². The molecule has 2 fully saturated rings. The average Bonchev–Trinajstić information content (AvgIpc) is 2.71. The molecule has 0 unspecified atom stereocenters. The Labute approximate surface area is 192 Å². The van der Waals surface area contributed by atoms with Crippen LogP contribution in [0.2, 0.25) is 0 Å². The van der Waals surface area contributed by atoms with Gasteiger partial charge in [-0.3, -0.25) is 4.99 Å². The third-order valence-electron chi connectivity index (χ3n) is 5.58. The number of guanidine groups is 1. The standard InChI is InChI=1S/C20H33N5O2S.HI/c1-3-21-20(22-17-18-9-11-25(12-10-18)28(2,26)27)24-15-13-23(14-16-24)19-7-5-4-6-8-19;/h4-8,18H,3,9-17H2,1-2H3,(H,21,22);1H. The molecule has 0 atom stereocenters. The summed E-state index contributed by atoms with van der Waals surface area (Å²) in [4.78, 5) is 9.65. The highest BCUT2D eigenvalue weighted by Gasteiger charge is 2.25. The Morgan fingerprint density at radius 2 is 1.69 bits per heavy atom. The number of piperazine rings is 1. The maximum Gasteiger partial charge on any atom is 0.211 e. The number of sulfonamides is 1. The molecule has 0 aliphatic carbocycles. The molecule has 9 heteroatoms. The minimum absolute atomic E-state index is 0. The van der Waals surface area contributed by atoms with Gasteiger partial charge in [0.1, 0.15) is 0 Å². The maximum atomic E-state index is 11.7. The summed E-state index contributed by atoms with van der Waals surface area (Å²) in [5.74, 6) is 1.44. The molecule has 0 spiro atoms. The van der Waals surface area contributed by atoms with Crippen molar-refractivity contribution in [3.8, 4) is 0 Å². The van der Waals surface area contributed by atoms with Crippen LogP contribution >= 0.6 is 24.0 Å². The molecule has 1 aromatic carbocycles. The molecule has 1 aromatic rings. The molecular weight excluding hydrogens is 501 g/mol. The number of nitrogens with zero attached hydrogens (tertiary/aromatic N) is 4. The molecule has 2 aliphatic rings. The Kier molecular flexibility index (Phi) is 9.48. The van der Waals surface area contributed by atoms with E-state index in [1.54, 1.807) is 4.31 Å². The van der Waals surface area contributed by atoms with Gasteiger partial charge in [-0.15, -0.1) is 24.0 Å². The van der Waals surface area contributed by atoms with Crippen molar-refractivity contribution < 1.29 is 8.42 Å². The van der Waals surface area contributed by atoms with Gasteiger partial charge >= 0.3 is 0 Å². The van der Waals surface area contributed by atoms with Crippen molar-refractivity contribution in [2.24, 2.45) is 10.9 Å². The number of rotatable bonds is 5. The molecule has 0 radical (unpaired) electrons.